The summed E-state index contributed by atoms with van der Waals surface area (Å²) in [6.07, 6.45) is 1.12. The first-order chi connectivity index (χ1) is 25.0. The number of aromatic hydroxyl groups is 1. The number of imide groups is 2. The third-order valence-corrected chi connectivity index (χ3v) is 12.0. The number of hydrogen-bond donors (Lipinski definition) is 1. The van der Waals surface area contributed by atoms with Gasteiger partial charge in [-0.3, -0.25) is 39.4 Å². The van der Waals surface area contributed by atoms with Gasteiger partial charge in [0.1, 0.15) is 5.82 Å². The van der Waals surface area contributed by atoms with Crippen LogP contribution in [0, 0.1) is 43.8 Å². The molecule has 2 aliphatic heterocycles. The molecular formula is C35H28Cl2FN5O10. The fraction of sp³-hybridized carbons (Fsp3) is 0.314. The van der Waals surface area contributed by atoms with Gasteiger partial charge >= 0.3 is 11.4 Å². The zero-order valence-corrected chi connectivity index (χ0v) is 29.5. The number of amides is 4. The van der Waals surface area contributed by atoms with Crippen molar-refractivity contribution >= 4 is 75.3 Å². The number of fused-ring (bicyclic) bond motifs is 4. The SMILES string of the molecule is COc1ccc(C2C3=CCC4C(=O)N(c5cc([N+](=O)[O-])c(N(C)C)c([N+](=O)[O-])c5)C(=O)C4C3CC3(Cl)C(=O)N(c4ccc(F)cc4)C(=O)C23Cl)cc1O. The molecule has 15 nitrogen and oxygen atoms in total. The van der Waals surface area contributed by atoms with Gasteiger partial charge in [0, 0.05) is 32.1 Å². The van der Waals surface area contributed by atoms with Crippen molar-refractivity contribution in [1.82, 2.24) is 0 Å². The van der Waals surface area contributed by atoms with Crippen molar-refractivity contribution in [2.75, 3.05) is 35.9 Å². The Balaban J connectivity index is 1.39. The molecule has 3 aromatic rings. The van der Waals surface area contributed by atoms with Crippen molar-refractivity contribution in [3.8, 4) is 11.5 Å². The highest BCUT2D eigenvalue weighted by molar-refractivity contribution is 6.58. The van der Waals surface area contributed by atoms with Gasteiger partial charge in [-0.1, -0.05) is 17.7 Å². The minimum Gasteiger partial charge on any atom is -0.504 e. The van der Waals surface area contributed by atoms with Crippen LogP contribution >= 0.6 is 23.2 Å². The second-order valence-corrected chi connectivity index (χ2v) is 14.7. The summed E-state index contributed by atoms with van der Waals surface area (Å²) >= 11 is 14.7. The van der Waals surface area contributed by atoms with Crippen LogP contribution in [-0.2, 0) is 19.2 Å². The first-order valence-electron chi connectivity index (χ1n) is 16.1. The number of halogens is 3. The van der Waals surface area contributed by atoms with Gasteiger partial charge in [0.05, 0.1) is 40.2 Å². The number of alkyl halides is 2. The van der Waals surface area contributed by atoms with Crippen LogP contribution in [0.3, 0.4) is 0 Å². The first kappa shape index (κ1) is 35.8. The number of carbonyl (C=O) groups is 4. The highest BCUT2D eigenvalue weighted by atomic mass is 35.5. The van der Waals surface area contributed by atoms with Crippen molar-refractivity contribution in [3.05, 3.63) is 97.9 Å². The van der Waals surface area contributed by atoms with Crippen LogP contribution in [0.1, 0.15) is 24.3 Å². The number of methoxy groups -OCH3 is 1. The highest BCUT2D eigenvalue weighted by Gasteiger charge is 2.76. The van der Waals surface area contributed by atoms with Gasteiger partial charge in [0.25, 0.3) is 11.8 Å². The zero-order chi connectivity index (χ0) is 38.5. The fourth-order valence-electron chi connectivity index (χ4n) is 8.37. The van der Waals surface area contributed by atoms with Crippen LogP contribution in [-0.4, -0.2) is 69.5 Å². The number of nitro groups is 2. The molecule has 6 unspecified atom stereocenters. The van der Waals surface area contributed by atoms with E-state index in [2.05, 4.69) is 0 Å². The number of nitro benzene ring substituents is 2. The van der Waals surface area contributed by atoms with Gasteiger partial charge in [0.2, 0.25) is 11.8 Å². The third kappa shape index (κ3) is 4.91. The maximum absolute atomic E-state index is 14.5. The molecule has 6 atom stereocenters. The summed E-state index contributed by atoms with van der Waals surface area (Å²) < 4.78 is 19.1. The number of phenolic OH excluding ortho intramolecular Hbond substituents is 1. The Hall–Kier alpha value is -5.61. The maximum Gasteiger partial charge on any atom is 0.301 e. The van der Waals surface area contributed by atoms with Gasteiger partial charge in [-0.2, -0.15) is 0 Å². The quantitative estimate of drug-likeness (QED) is 0.109. The smallest absolute Gasteiger partial charge is 0.301 e. The van der Waals surface area contributed by atoms with Crippen LogP contribution < -0.4 is 19.4 Å². The lowest BCUT2D eigenvalue weighted by molar-refractivity contribution is -0.392. The van der Waals surface area contributed by atoms with E-state index in [1.165, 1.54) is 56.4 Å². The van der Waals surface area contributed by atoms with Gasteiger partial charge in [-0.15, -0.1) is 23.2 Å². The number of anilines is 3. The van der Waals surface area contributed by atoms with E-state index in [4.69, 9.17) is 27.9 Å². The minimum atomic E-state index is -2.27. The predicted molar refractivity (Wildman–Crippen MR) is 188 cm³/mol. The number of ether oxygens (including phenoxy) is 1. The third-order valence-electron chi connectivity index (χ3n) is 10.6. The van der Waals surface area contributed by atoms with Crippen molar-refractivity contribution in [2.24, 2.45) is 17.8 Å². The Morgan fingerprint density at radius 2 is 1.51 bits per heavy atom. The summed E-state index contributed by atoms with van der Waals surface area (Å²) in [5.41, 5.74) is -1.61. The molecule has 0 spiro atoms. The molecule has 1 N–H and O–H groups in total. The Morgan fingerprint density at radius 3 is 2.06 bits per heavy atom. The lowest BCUT2D eigenvalue weighted by Crippen LogP contribution is -2.60. The number of phenols is 1. The fourth-order valence-corrected chi connectivity index (χ4v) is 9.30. The van der Waals surface area contributed by atoms with E-state index in [-0.39, 0.29) is 34.9 Å². The molecule has 1 saturated carbocycles. The molecular weight excluding hydrogens is 740 g/mol. The molecule has 0 aromatic heterocycles. The van der Waals surface area contributed by atoms with Gasteiger partial charge in [0.15, 0.2) is 26.9 Å². The standard InChI is InChI=1S/C35H28Cl2FN5O10/c1-39(2)29-23(42(49)50)13-19(14-24(29)43(51)52)40-30(45)21-10-9-20-22(27(21)31(40)46)15-34(36)32(47)41(18-7-5-17(38)6-8-18)33(48)35(34,37)28(20)16-4-11-26(53-3)25(44)12-16/h4-9,11-14,21-22,27-28,44H,10,15H2,1-3H3. The van der Waals surface area contributed by atoms with Gasteiger partial charge < -0.3 is 14.7 Å². The van der Waals surface area contributed by atoms with E-state index in [1.54, 1.807) is 6.08 Å². The average molecular weight is 769 g/mol. The Morgan fingerprint density at radius 1 is 0.887 bits per heavy atom. The summed E-state index contributed by atoms with van der Waals surface area (Å²) in [7, 11) is 4.07. The van der Waals surface area contributed by atoms with Crippen LogP contribution in [0.2, 0.25) is 0 Å². The van der Waals surface area contributed by atoms with Crippen molar-refractivity contribution < 1.29 is 43.3 Å². The molecule has 0 bridgehead atoms. The summed E-state index contributed by atoms with van der Waals surface area (Å²) in [5.74, 6) is -9.10. The Bertz CT molecular complexity index is 2180. The van der Waals surface area contributed by atoms with E-state index in [9.17, 15) is 48.9 Å². The molecule has 2 aliphatic carbocycles. The number of hydrogen-bond acceptors (Lipinski definition) is 11. The predicted octanol–water partition coefficient (Wildman–Crippen LogP) is 5.19. The summed E-state index contributed by atoms with van der Waals surface area (Å²) in [5, 5.41) is 35.0. The molecule has 2 heterocycles. The van der Waals surface area contributed by atoms with E-state index in [1.807, 2.05) is 0 Å². The second-order valence-electron chi connectivity index (χ2n) is 13.4. The monoisotopic (exact) mass is 767 g/mol. The molecule has 4 amide bonds. The lowest BCUT2D eigenvalue weighted by atomic mass is 9.56. The second kappa shape index (κ2) is 12.2. The zero-order valence-electron chi connectivity index (χ0n) is 28.0. The maximum atomic E-state index is 14.5. The minimum absolute atomic E-state index is 0.0235. The summed E-state index contributed by atoms with van der Waals surface area (Å²) in [6, 6.07) is 10.5. The Labute approximate surface area is 309 Å². The molecule has 0 radical (unpaired) electrons. The van der Waals surface area contributed by atoms with Crippen LogP contribution in [0.4, 0.5) is 32.8 Å². The summed E-state index contributed by atoms with van der Waals surface area (Å²) in [4.78, 5) is 78.1. The van der Waals surface area contributed by atoms with E-state index >= 15 is 0 Å². The Kier molecular flexibility index (Phi) is 8.26. The number of carbonyl (C=O) groups excluding carboxylic acids is 4. The largest absolute Gasteiger partial charge is 0.504 e. The average Bonchev–Trinajstić information content (AvgIpc) is 3.45. The van der Waals surface area contributed by atoms with Crippen molar-refractivity contribution in [2.45, 2.75) is 28.5 Å². The normalized spacial score (nSPS) is 27.6. The van der Waals surface area contributed by atoms with E-state index in [0.717, 1.165) is 29.2 Å². The molecule has 2 saturated heterocycles. The molecule has 4 aliphatic rings. The number of benzene rings is 3. The molecule has 274 valence electrons. The molecule has 18 heteroatoms. The van der Waals surface area contributed by atoms with E-state index in [0.29, 0.717) is 10.5 Å². The topological polar surface area (TPSA) is 194 Å². The van der Waals surface area contributed by atoms with E-state index < -0.39 is 96.2 Å². The lowest BCUT2D eigenvalue weighted by Gasteiger charge is -2.50. The van der Waals surface area contributed by atoms with Crippen molar-refractivity contribution in [1.29, 1.82) is 0 Å². The molecule has 3 aromatic carbocycles. The molecule has 3 fully saturated rings. The summed E-state index contributed by atoms with van der Waals surface area (Å²) in [6.45, 7) is 0. The number of rotatable bonds is 7. The number of nitrogens with zero attached hydrogens (tertiary/aromatic N) is 5. The van der Waals surface area contributed by atoms with Gasteiger partial charge in [-0.25, -0.2) is 14.2 Å². The van der Waals surface area contributed by atoms with Crippen LogP contribution in [0.25, 0.3) is 0 Å². The van der Waals surface area contributed by atoms with Crippen molar-refractivity contribution in [3.63, 3.8) is 0 Å². The number of allylic oxidation sites excluding steroid dienone is 2. The first-order valence-corrected chi connectivity index (χ1v) is 16.8. The van der Waals surface area contributed by atoms with Crippen LogP contribution in [0.15, 0.2) is 66.2 Å². The highest BCUT2D eigenvalue weighted by Crippen LogP contribution is 2.66. The van der Waals surface area contributed by atoms with Gasteiger partial charge in [-0.05, 0) is 60.7 Å². The molecule has 7 rings (SSSR count). The molecule has 53 heavy (non-hydrogen) atoms. The van der Waals surface area contributed by atoms with Crippen LogP contribution in [0.5, 0.6) is 11.5 Å².